The summed E-state index contributed by atoms with van der Waals surface area (Å²) in [5.41, 5.74) is 1.71. The van der Waals surface area contributed by atoms with Crippen molar-refractivity contribution in [2.75, 3.05) is 0 Å². The first-order chi connectivity index (χ1) is 9.11. The summed E-state index contributed by atoms with van der Waals surface area (Å²) in [6.45, 7) is 5.49. The Balaban J connectivity index is 2.16. The highest BCUT2D eigenvalue weighted by Crippen LogP contribution is 2.20. The van der Waals surface area contributed by atoms with Crippen molar-refractivity contribution < 1.29 is 9.18 Å². The van der Waals surface area contributed by atoms with Crippen LogP contribution in [0.2, 0.25) is 0 Å². The van der Waals surface area contributed by atoms with Crippen LogP contribution in [0, 0.1) is 12.7 Å². The highest BCUT2D eigenvalue weighted by atomic mass is 19.1. The predicted molar refractivity (Wildman–Crippen MR) is 75.6 cm³/mol. The first-order valence-electron chi connectivity index (χ1n) is 6.85. The standard InChI is InChI=1S/C16H20FNO/c1-3-12-10-14(15(17)9-11(12)2)16(19)18-13-7-5-4-6-8-13/h3,9-10,13H,1,4-8H2,2H3,(H,18,19). The van der Waals surface area contributed by atoms with Gasteiger partial charge in [0.05, 0.1) is 5.56 Å². The normalized spacial score (nSPS) is 16.1. The number of benzene rings is 1. The number of aryl methyl sites for hydroxylation is 1. The SMILES string of the molecule is C=Cc1cc(C(=O)NC2CCCCC2)c(F)cc1C. The maximum Gasteiger partial charge on any atom is 0.254 e. The topological polar surface area (TPSA) is 29.1 Å². The maximum absolute atomic E-state index is 13.9. The summed E-state index contributed by atoms with van der Waals surface area (Å²) in [5, 5.41) is 2.93. The molecule has 0 spiro atoms. The van der Waals surface area contributed by atoms with Crippen molar-refractivity contribution in [3.8, 4) is 0 Å². The Bertz CT molecular complexity index is 490. The zero-order chi connectivity index (χ0) is 13.8. The van der Waals surface area contributed by atoms with Crippen LogP contribution in [0.3, 0.4) is 0 Å². The van der Waals surface area contributed by atoms with Gasteiger partial charge in [-0.3, -0.25) is 4.79 Å². The van der Waals surface area contributed by atoms with Gasteiger partial charge in [-0.15, -0.1) is 0 Å². The molecule has 0 heterocycles. The second-order valence-corrected chi connectivity index (χ2v) is 5.20. The third-order valence-electron chi connectivity index (χ3n) is 3.76. The van der Waals surface area contributed by atoms with Crippen LogP contribution >= 0.6 is 0 Å². The second-order valence-electron chi connectivity index (χ2n) is 5.20. The quantitative estimate of drug-likeness (QED) is 0.880. The second kappa shape index (κ2) is 6.00. The molecule has 1 N–H and O–H groups in total. The molecule has 0 unspecified atom stereocenters. The van der Waals surface area contributed by atoms with Gasteiger partial charge in [0.25, 0.3) is 5.91 Å². The summed E-state index contributed by atoms with van der Waals surface area (Å²) in [5.74, 6) is -0.774. The first kappa shape index (κ1) is 13.8. The predicted octanol–water partition coefficient (Wildman–Crippen LogP) is 3.84. The average molecular weight is 261 g/mol. The van der Waals surface area contributed by atoms with Gasteiger partial charge in [-0.25, -0.2) is 4.39 Å². The fourth-order valence-electron chi connectivity index (χ4n) is 2.59. The number of hydrogen-bond acceptors (Lipinski definition) is 1. The van der Waals surface area contributed by atoms with Crippen LogP contribution in [-0.2, 0) is 0 Å². The largest absolute Gasteiger partial charge is 0.349 e. The summed E-state index contributed by atoms with van der Waals surface area (Å²) in [6, 6.07) is 3.16. The van der Waals surface area contributed by atoms with Crippen LogP contribution < -0.4 is 5.32 Å². The van der Waals surface area contributed by atoms with E-state index in [1.54, 1.807) is 12.1 Å². The van der Waals surface area contributed by atoms with Crippen LogP contribution in [-0.4, -0.2) is 11.9 Å². The van der Waals surface area contributed by atoms with Gasteiger partial charge >= 0.3 is 0 Å². The minimum atomic E-state index is -0.462. The molecule has 0 bridgehead atoms. The van der Waals surface area contributed by atoms with Crippen molar-refractivity contribution in [2.45, 2.75) is 45.1 Å². The minimum absolute atomic E-state index is 0.117. The van der Waals surface area contributed by atoms with Crippen molar-refractivity contribution in [3.05, 3.63) is 41.2 Å². The first-order valence-corrected chi connectivity index (χ1v) is 6.85. The zero-order valence-corrected chi connectivity index (χ0v) is 11.3. The highest BCUT2D eigenvalue weighted by Gasteiger charge is 2.19. The molecule has 1 aromatic rings. The summed E-state index contributed by atoms with van der Waals surface area (Å²) in [7, 11) is 0. The van der Waals surface area contributed by atoms with Crippen molar-refractivity contribution in [3.63, 3.8) is 0 Å². The molecule has 1 amide bonds. The molecular formula is C16H20FNO. The lowest BCUT2D eigenvalue weighted by atomic mass is 9.95. The van der Waals surface area contributed by atoms with Crippen LogP contribution in [0.15, 0.2) is 18.7 Å². The van der Waals surface area contributed by atoms with Gasteiger partial charge in [-0.2, -0.15) is 0 Å². The van der Waals surface area contributed by atoms with E-state index in [9.17, 15) is 9.18 Å². The molecule has 1 aliphatic carbocycles. The van der Waals surface area contributed by atoms with Crippen LogP contribution in [0.5, 0.6) is 0 Å². The molecule has 0 aromatic heterocycles. The van der Waals surface area contributed by atoms with E-state index in [0.717, 1.165) is 36.8 Å². The average Bonchev–Trinajstić information content (AvgIpc) is 2.40. The Labute approximate surface area is 113 Å². The number of hydrogen-bond donors (Lipinski definition) is 1. The van der Waals surface area contributed by atoms with Gasteiger partial charge in [-0.1, -0.05) is 31.9 Å². The Morgan fingerprint density at radius 1 is 1.37 bits per heavy atom. The molecule has 0 aliphatic heterocycles. The number of nitrogens with one attached hydrogen (secondary N) is 1. The third-order valence-corrected chi connectivity index (χ3v) is 3.76. The fourth-order valence-corrected chi connectivity index (χ4v) is 2.59. The maximum atomic E-state index is 13.9. The number of amides is 1. The number of carbonyl (C=O) groups is 1. The van der Waals surface area contributed by atoms with Crippen LogP contribution in [0.25, 0.3) is 6.08 Å². The fraction of sp³-hybridized carbons (Fsp3) is 0.438. The lowest BCUT2D eigenvalue weighted by Crippen LogP contribution is -2.36. The Kier molecular flexibility index (Phi) is 4.35. The van der Waals surface area contributed by atoms with Crippen LogP contribution in [0.4, 0.5) is 4.39 Å². The molecule has 2 nitrogen and oxygen atoms in total. The minimum Gasteiger partial charge on any atom is -0.349 e. The molecule has 0 radical (unpaired) electrons. The number of halogens is 1. The van der Waals surface area contributed by atoms with Crippen molar-refractivity contribution in [2.24, 2.45) is 0 Å². The van der Waals surface area contributed by atoms with E-state index >= 15 is 0 Å². The van der Waals surface area contributed by atoms with Crippen molar-refractivity contribution in [1.82, 2.24) is 5.32 Å². The van der Waals surface area contributed by atoms with Gasteiger partial charge in [0, 0.05) is 6.04 Å². The van der Waals surface area contributed by atoms with E-state index in [-0.39, 0.29) is 17.5 Å². The molecule has 102 valence electrons. The molecule has 1 aromatic carbocycles. The monoisotopic (exact) mass is 261 g/mol. The van der Waals surface area contributed by atoms with Crippen molar-refractivity contribution >= 4 is 12.0 Å². The van der Waals surface area contributed by atoms with Gasteiger partial charge in [0.15, 0.2) is 0 Å². The Morgan fingerprint density at radius 2 is 2.05 bits per heavy atom. The molecule has 0 saturated heterocycles. The molecule has 1 aliphatic rings. The Hall–Kier alpha value is -1.64. The molecule has 0 atom stereocenters. The van der Waals surface area contributed by atoms with Gasteiger partial charge in [0.2, 0.25) is 0 Å². The summed E-state index contributed by atoms with van der Waals surface area (Å²) in [6.07, 6.45) is 7.14. The molecular weight excluding hydrogens is 241 g/mol. The van der Waals surface area contributed by atoms with E-state index in [1.807, 2.05) is 6.92 Å². The molecule has 1 fully saturated rings. The van der Waals surface area contributed by atoms with Gasteiger partial charge in [-0.05, 0) is 43.0 Å². The zero-order valence-electron chi connectivity index (χ0n) is 11.3. The van der Waals surface area contributed by atoms with E-state index in [1.165, 1.54) is 12.5 Å². The van der Waals surface area contributed by atoms with E-state index in [4.69, 9.17) is 0 Å². The van der Waals surface area contributed by atoms with Crippen molar-refractivity contribution in [1.29, 1.82) is 0 Å². The van der Waals surface area contributed by atoms with E-state index in [0.29, 0.717) is 0 Å². The molecule has 3 heteroatoms. The van der Waals surface area contributed by atoms with Gasteiger partial charge < -0.3 is 5.32 Å². The summed E-state index contributed by atoms with van der Waals surface area (Å²) >= 11 is 0. The highest BCUT2D eigenvalue weighted by molar-refractivity contribution is 5.95. The Morgan fingerprint density at radius 3 is 2.68 bits per heavy atom. The van der Waals surface area contributed by atoms with Gasteiger partial charge in [0.1, 0.15) is 5.82 Å². The number of carbonyl (C=O) groups excluding carboxylic acids is 1. The van der Waals surface area contributed by atoms with E-state index in [2.05, 4.69) is 11.9 Å². The lowest BCUT2D eigenvalue weighted by molar-refractivity contribution is 0.0923. The third kappa shape index (κ3) is 3.22. The smallest absolute Gasteiger partial charge is 0.254 e. The molecule has 2 rings (SSSR count). The lowest BCUT2D eigenvalue weighted by Gasteiger charge is -2.23. The molecule has 19 heavy (non-hydrogen) atoms. The summed E-state index contributed by atoms with van der Waals surface area (Å²) < 4.78 is 13.9. The molecule has 1 saturated carbocycles. The summed E-state index contributed by atoms with van der Waals surface area (Å²) in [4.78, 5) is 12.1. The number of rotatable bonds is 3. The van der Waals surface area contributed by atoms with Crippen LogP contribution in [0.1, 0.15) is 53.6 Å². The van der Waals surface area contributed by atoms with E-state index < -0.39 is 5.82 Å².